The minimum atomic E-state index is -4.73. The van der Waals surface area contributed by atoms with Gasteiger partial charge in [-0.1, -0.05) is 12.1 Å². The van der Waals surface area contributed by atoms with Gasteiger partial charge in [-0.05, 0) is 30.3 Å². The number of hydrogen-bond acceptors (Lipinski definition) is 4. The fourth-order valence-corrected chi connectivity index (χ4v) is 3.31. The Hall–Kier alpha value is -3.81. The number of anilines is 2. The summed E-state index contributed by atoms with van der Waals surface area (Å²) in [5.74, 6) is -1.53. The number of nitrogens with two attached hydrogens (primary N) is 1. The number of alkyl halides is 3. The average molecular weight is 435 g/mol. The Morgan fingerprint density at radius 1 is 1.16 bits per heavy atom. The number of nitrogens with zero attached hydrogens (tertiary/aromatic N) is 3. The maximum absolute atomic E-state index is 13.8. The van der Waals surface area contributed by atoms with E-state index >= 15 is 0 Å². The highest BCUT2D eigenvalue weighted by molar-refractivity contribution is 5.94. The molecule has 0 spiro atoms. The molecule has 1 saturated heterocycles. The molecule has 2 aromatic carbocycles. The number of para-hydroxylation sites is 1. The van der Waals surface area contributed by atoms with Crippen molar-refractivity contribution < 1.29 is 27.2 Å². The number of primary amides is 1. The summed E-state index contributed by atoms with van der Waals surface area (Å²) in [5.41, 5.74) is 3.85. The first-order chi connectivity index (χ1) is 14.6. The molecule has 11 heteroatoms. The van der Waals surface area contributed by atoms with E-state index < -0.39 is 41.1 Å². The van der Waals surface area contributed by atoms with Crippen LogP contribution in [0, 0.1) is 17.1 Å². The number of piperazine rings is 1. The number of nitrogens with one attached hydrogen (secondary N) is 1. The molecule has 1 atom stereocenters. The molecule has 7 nitrogen and oxygen atoms in total. The van der Waals surface area contributed by atoms with Crippen LogP contribution in [0.5, 0.6) is 0 Å². The van der Waals surface area contributed by atoms with Crippen LogP contribution in [0.3, 0.4) is 0 Å². The number of nitriles is 1. The van der Waals surface area contributed by atoms with E-state index in [1.54, 1.807) is 0 Å². The van der Waals surface area contributed by atoms with E-state index in [2.05, 4.69) is 5.32 Å². The molecular weight excluding hydrogens is 418 g/mol. The van der Waals surface area contributed by atoms with Crippen molar-refractivity contribution in [1.82, 2.24) is 4.90 Å². The van der Waals surface area contributed by atoms with Gasteiger partial charge in [-0.3, -0.25) is 4.79 Å². The highest BCUT2D eigenvalue weighted by Crippen LogP contribution is 2.35. The summed E-state index contributed by atoms with van der Waals surface area (Å²) in [6.07, 6.45) is -4.73. The van der Waals surface area contributed by atoms with Crippen molar-refractivity contribution in [2.75, 3.05) is 29.9 Å². The molecule has 0 aromatic heterocycles. The normalized spacial score (nSPS) is 16.5. The predicted molar refractivity (Wildman–Crippen MR) is 103 cm³/mol. The number of amides is 3. The molecule has 0 radical (unpaired) electrons. The van der Waals surface area contributed by atoms with Gasteiger partial charge in [-0.25, -0.2) is 9.18 Å². The van der Waals surface area contributed by atoms with Crippen LogP contribution in [0.2, 0.25) is 0 Å². The van der Waals surface area contributed by atoms with Crippen LogP contribution in [0.25, 0.3) is 0 Å². The van der Waals surface area contributed by atoms with Crippen molar-refractivity contribution in [3.63, 3.8) is 0 Å². The highest BCUT2D eigenvalue weighted by atomic mass is 19.4. The average Bonchev–Trinajstić information content (AvgIpc) is 2.73. The smallest absolute Gasteiger partial charge is 0.368 e. The quantitative estimate of drug-likeness (QED) is 0.724. The van der Waals surface area contributed by atoms with Gasteiger partial charge in [0.15, 0.2) is 0 Å². The minimum absolute atomic E-state index is 0.0464. The summed E-state index contributed by atoms with van der Waals surface area (Å²) in [5, 5.41) is 11.3. The summed E-state index contributed by atoms with van der Waals surface area (Å²) < 4.78 is 53.6. The second-order valence-electron chi connectivity index (χ2n) is 6.81. The van der Waals surface area contributed by atoms with E-state index in [4.69, 9.17) is 11.0 Å². The van der Waals surface area contributed by atoms with Crippen LogP contribution < -0.4 is 16.0 Å². The van der Waals surface area contributed by atoms with Gasteiger partial charge >= 0.3 is 12.2 Å². The first kappa shape index (κ1) is 21.9. The number of hydrogen-bond donors (Lipinski definition) is 2. The lowest BCUT2D eigenvalue weighted by Gasteiger charge is -2.41. The maximum Gasteiger partial charge on any atom is 0.417 e. The fraction of sp³-hybridized carbons (Fsp3) is 0.250. The van der Waals surface area contributed by atoms with Gasteiger partial charge in [0.25, 0.3) is 0 Å². The number of carbonyl (C=O) groups is 2. The first-order valence-corrected chi connectivity index (χ1v) is 9.09. The molecule has 3 N–H and O–H groups in total. The third-order valence-electron chi connectivity index (χ3n) is 4.88. The third-order valence-corrected chi connectivity index (χ3v) is 4.88. The zero-order chi connectivity index (χ0) is 22.8. The van der Waals surface area contributed by atoms with Gasteiger partial charge in [0.2, 0.25) is 5.91 Å². The summed E-state index contributed by atoms with van der Waals surface area (Å²) >= 11 is 0. The number of urea groups is 1. The molecule has 1 fully saturated rings. The molecule has 0 aliphatic carbocycles. The van der Waals surface area contributed by atoms with Crippen molar-refractivity contribution in [2.24, 2.45) is 5.73 Å². The van der Waals surface area contributed by atoms with Crippen molar-refractivity contribution in [1.29, 1.82) is 5.26 Å². The van der Waals surface area contributed by atoms with E-state index in [0.717, 1.165) is 23.1 Å². The Labute approximate surface area is 174 Å². The van der Waals surface area contributed by atoms with Crippen LogP contribution in [0.4, 0.5) is 33.7 Å². The van der Waals surface area contributed by atoms with Crippen molar-refractivity contribution in [3.8, 4) is 6.07 Å². The third kappa shape index (κ3) is 4.69. The van der Waals surface area contributed by atoms with Crippen molar-refractivity contribution >= 4 is 23.3 Å². The van der Waals surface area contributed by atoms with E-state index in [0.29, 0.717) is 0 Å². The molecule has 2 aromatic rings. The lowest BCUT2D eigenvalue weighted by Crippen LogP contribution is -2.61. The standard InChI is InChI=1S/C20H17F4N5O2/c21-15-3-1-2-4-16(15)27-19(31)29-8-7-28(11-17(29)18(26)30)13-6-5-12(10-25)14(9-13)20(22,23)24/h1-6,9,17H,7-8,11H2,(H2,26,30)(H,27,31). The van der Waals surface area contributed by atoms with Crippen molar-refractivity contribution in [2.45, 2.75) is 12.2 Å². The first-order valence-electron chi connectivity index (χ1n) is 9.09. The molecule has 1 heterocycles. The van der Waals surface area contributed by atoms with E-state index in [1.807, 2.05) is 0 Å². The molecule has 0 saturated carbocycles. The lowest BCUT2D eigenvalue weighted by atomic mass is 10.0. The highest BCUT2D eigenvalue weighted by Gasteiger charge is 2.37. The summed E-state index contributed by atoms with van der Waals surface area (Å²) in [6.45, 7) is -0.115. The molecule has 31 heavy (non-hydrogen) atoms. The van der Waals surface area contributed by atoms with E-state index in [9.17, 15) is 27.2 Å². The largest absolute Gasteiger partial charge is 0.417 e. The number of halogens is 4. The van der Waals surface area contributed by atoms with Gasteiger partial charge in [-0.15, -0.1) is 0 Å². The van der Waals surface area contributed by atoms with E-state index in [-0.39, 0.29) is 31.0 Å². The van der Waals surface area contributed by atoms with Crippen LogP contribution in [-0.2, 0) is 11.0 Å². The zero-order valence-electron chi connectivity index (χ0n) is 16.0. The fourth-order valence-electron chi connectivity index (χ4n) is 3.31. The maximum atomic E-state index is 13.8. The van der Waals surface area contributed by atoms with E-state index in [1.165, 1.54) is 35.2 Å². The van der Waals surface area contributed by atoms with Gasteiger partial charge in [0.05, 0.1) is 22.9 Å². The Kier molecular flexibility index (Phi) is 6.01. The SMILES string of the molecule is N#Cc1ccc(N2CCN(C(=O)Nc3ccccc3F)C(C(N)=O)C2)cc1C(F)(F)F. The zero-order valence-corrected chi connectivity index (χ0v) is 16.0. The number of carbonyl (C=O) groups excluding carboxylic acids is 2. The summed E-state index contributed by atoms with van der Waals surface area (Å²) in [4.78, 5) is 27.1. The second kappa shape index (κ2) is 8.51. The molecule has 162 valence electrons. The summed E-state index contributed by atoms with van der Waals surface area (Å²) in [6, 6.07) is 8.26. The van der Waals surface area contributed by atoms with Gasteiger partial charge < -0.3 is 20.9 Å². The van der Waals surface area contributed by atoms with Crippen LogP contribution in [0.1, 0.15) is 11.1 Å². The molecule has 1 aliphatic heterocycles. The molecule has 0 bridgehead atoms. The molecule has 3 amide bonds. The predicted octanol–water partition coefficient (Wildman–Crippen LogP) is 2.92. The molecular formula is C20H17F4N5O2. The molecule has 3 rings (SSSR count). The Morgan fingerprint density at radius 2 is 1.87 bits per heavy atom. The van der Waals surface area contributed by atoms with Gasteiger partial charge in [0, 0.05) is 25.3 Å². The van der Waals surface area contributed by atoms with Gasteiger partial charge in [0.1, 0.15) is 11.9 Å². The monoisotopic (exact) mass is 435 g/mol. The lowest BCUT2D eigenvalue weighted by molar-refractivity contribution is -0.137. The van der Waals surface area contributed by atoms with Crippen molar-refractivity contribution in [3.05, 3.63) is 59.4 Å². The topological polar surface area (TPSA) is 102 Å². The Bertz CT molecular complexity index is 1050. The minimum Gasteiger partial charge on any atom is -0.368 e. The number of rotatable bonds is 3. The molecule has 1 aliphatic rings. The van der Waals surface area contributed by atoms with Crippen LogP contribution in [-0.4, -0.2) is 42.5 Å². The van der Waals surface area contributed by atoms with Crippen LogP contribution >= 0.6 is 0 Å². The van der Waals surface area contributed by atoms with Gasteiger partial charge in [-0.2, -0.15) is 18.4 Å². The molecule has 1 unspecified atom stereocenters. The Morgan fingerprint density at radius 3 is 2.48 bits per heavy atom. The summed E-state index contributed by atoms with van der Waals surface area (Å²) in [7, 11) is 0. The Balaban J connectivity index is 1.82. The van der Waals surface area contributed by atoms with Crippen LogP contribution in [0.15, 0.2) is 42.5 Å². The second-order valence-corrected chi connectivity index (χ2v) is 6.81. The number of benzene rings is 2.